The zero-order valence-electron chi connectivity index (χ0n) is 8.30. The highest BCUT2D eigenvalue weighted by atomic mass is 32.2. The summed E-state index contributed by atoms with van der Waals surface area (Å²) in [6.07, 6.45) is 2.88. The molecule has 0 atom stereocenters. The predicted molar refractivity (Wildman–Crippen MR) is 65.4 cm³/mol. The molecule has 1 aromatic heterocycles. The van der Waals surface area contributed by atoms with Gasteiger partial charge >= 0.3 is 0 Å². The van der Waals surface area contributed by atoms with Crippen LogP contribution in [0.3, 0.4) is 0 Å². The van der Waals surface area contributed by atoms with Gasteiger partial charge in [0.25, 0.3) is 0 Å². The molecule has 0 saturated heterocycles. The Kier molecular flexibility index (Phi) is 3.23. The molecule has 0 radical (unpaired) electrons. The molecule has 78 valence electrons. The second kappa shape index (κ2) is 4.63. The summed E-state index contributed by atoms with van der Waals surface area (Å²) in [6, 6.07) is 8.46. The highest BCUT2D eigenvalue weighted by Crippen LogP contribution is 2.19. The Balaban J connectivity index is 2.11. The third-order valence-electron chi connectivity index (χ3n) is 2.00. The van der Waals surface area contributed by atoms with Gasteiger partial charge in [0.1, 0.15) is 5.01 Å². The Bertz CT molecular complexity index is 436. The first-order valence-electron chi connectivity index (χ1n) is 4.48. The first kappa shape index (κ1) is 10.4. The van der Waals surface area contributed by atoms with Crippen LogP contribution >= 0.6 is 23.1 Å². The average Bonchev–Trinajstić information content (AvgIpc) is 2.65. The molecule has 5 heteroatoms. The molecule has 1 heterocycles. The number of hydrogen-bond acceptors (Lipinski definition) is 5. The van der Waals surface area contributed by atoms with Crippen molar-refractivity contribution in [2.75, 3.05) is 12.0 Å². The molecule has 0 aliphatic heterocycles. The van der Waals surface area contributed by atoms with Crippen molar-refractivity contribution in [1.82, 2.24) is 10.2 Å². The van der Waals surface area contributed by atoms with Crippen molar-refractivity contribution in [3.8, 4) is 0 Å². The minimum absolute atomic E-state index is 0.533. The van der Waals surface area contributed by atoms with Crippen LogP contribution in [0.15, 0.2) is 29.2 Å². The summed E-state index contributed by atoms with van der Waals surface area (Å²) < 4.78 is 0. The number of aromatic nitrogens is 2. The van der Waals surface area contributed by atoms with Crippen molar-refractivity contribution in [1.29, 1.82) is 0 Å². The van der Waals surface area contributed by atoms with Crippen LogP contribution in [0.2, 0.25) is 0 Å². The predicted octanol–water partition coefficient (Wildman–Crippen LogP) is 2.43. The smallest absolute Gasteiger partial charge is 0.203 e. The summed E-state index contributed by atoms with van der Waals surface area (Å²) in [5.41, 5.74) is 6.76. The van der Waals surface area contributed by atoms with Crippen LogP contribution in [-0.4, -0.2) is 16.5 Å². The Morgan fingerprint density at radius 1 is 1.27 bits per heavy atom. The standard InChI is InChI=1S/C10H11N3S2/c1-14-8-4-2-7(3-5-8)6-9-12-13-10(11)15-9/h2-5H,6H2,1H3,(H2,11,13). The van der Waals surface area contributed by atoms with Crippen molar-refractivity contribution in [2.45, 2.75) is 11.3 Å². The van der Waals surface area contributed by atoms with Crippen LogP contribution in [0, 0.1) is 0 Å². The van der Waals surface area contributed by atoms with Gasteiger partial charge in [-0.3, -0.25) is 0 Å². The Labute approximate surface area is 96.7 Å². The molecule has 0 saturated carbocycles. The van der Waals surface area contributed by atoms with Gasteiger partial charge in [-0.05, 0) is 24.0 Å². The molecule has 0 bridgehead atoms. The number of hydrogen-bond donors (Lipinski definition) is 1. The molecule has 15 heavy (non-hydrogen) atoms. The minimum atomic E-state index is 0.533. The quantitative estimate of drug-likeness (QED) is 0.833. The van der Waals surface area contributed by atoms with Crippen LogP contribution in [0.1, 0.15) is 10.6 Å². The van der Waals surface area contributed by atoms with Crippen molar-refractivity contribution in [3.63, 3.8) is 0 Å². The van der Waals surface area contributed by atoms with Gasteiger partial charge in [-0.25, -0.2) is 0 Å². The van der Waals surface area contributed by atoms with Gasteiger partial charge in [0, 0.05) is 11.3 Å². The number of rotatable bonds is 3. The van der Waals surface area contributed by atoms with E-state index in [0.717, 1.165) is 11.4 Å². The van der Waals surface area contributed by atoms with Crippen LogP contribution in [-0.2, 0) is 6.42 Å². The Morgan fingerprint density at radius 3 is 2.53 bits per heavy atom. The van der Waals surface area contributed by atoms with E-state index in [1.54, 1.807) is 11.8 Å². The van der Waals surface area contributed by atoms with Crippen molar-refractivity contribution >= 4 is 28.2 Å². The second-order valence-electron chi connectivity index (χ2n) is 3.06. The number of nitrogens with two attached hydrogens (primary N) is 1. The summed E-state index contributed by atoms with van der Waals surface area (Å²) in [7, 11) is 0. The van der Waals surface area contributed by atoms with Gasteiger partial charge in [-0.1, -0.05) is 23.5 Å². The summed E-state index contributed by atoms with van der Waals surface area (Å²) in [6.45, 7) is 0. The third kappa shape index (κ3) is 2.70. The van der Waals surface area contributed by atoms with E-state index in [9.17, 15) is 0 Å². The van der Waals surface area contributed by atoms with Crippen LogP contribution in [0.5, 0.6) is 0 Å². The number of benzene rings is 1. The summed E-state index contributed by atoms with van der Waals surface area (Å²) in [5.74, 6) is 0. The number of anilines is 1. The summed E-state index contributed by atoms with van der Waals surface area (Å²) in [5, 5.41) is 9.28. The van der Waals surface area contributed by atoms with Crippen LogP contribution in [0.4, 0.5) is 5.13 Å². The molecule has 2 N–H and O–H groups in total. The zero-order chi connectivity index (χ0) is 10.7. The van der Waals surface area contributed by atoms with Gasteiger partial charge in [0.2, 0.25) is 5.13 Å². The fourth-order valence-electron chi connectivity index (χ4n) is 1.26. The SMILES string of the molecule is CSc1ccc(Cc2nnc(N)s2)cc1. The van der Waals surface area contributed by atoms with Crippen molar-refractivity contribution in [2.24, 2.45) is 0 Å². The number of nitrogen functional groups attached to an aromatic ring is 1. The van der Waals surface area contributed by atoms with Crippen LogP contribution in [0.25, 0.3) is 0 Å². The fourth-order valence-corrected chi connectivity index (χ4v) is 2.31. The normalized spacial score (nSPS) is 10.5. The first-order chi connectivity index (χ1) is 7.28. The topological polar surface area (TPSA) is 51.8 Å². The number of nitrogens with zero attached hydrogens (tertiary/aromatic N) is 2. The Hall–Kier alpha value is -1.07. The maximum atomic E-state index is 5.52. The van der Waals surface area contributed by atoms with E-state index in [0.29, 0.717) is 5.13 Å². The van der Waals surface area contributed by atoms with Gasteiger partial charge in [0.05, 0.1) is 0 Å². The molecular weight excluding hydrogens is 226 g/mol. The molecule has 3 nitrogen and oxygen atoms in total. The molecule has 2 rings (SSSR count). The van der Waals surface area contributed by atoms with E-state index >= 15 is 0 Å². The molecule has 0 fully saturated rings. The molecule has 0 aliphatic carbocycles. The maximum absolute atomic E-state index is 5.52. The molecule has 0 spiro atoms. The highest BCUT2D eigenvalue weighted by Gasteiger charge is 2.02. The van der Waals surface area contributed by atoms with E-state index in [1.807, 2.05) is 0 Å². The average molecular weight is 237 g/mol. The molecule has 0 unspecified atom stereocenters. The molecule has 0 amide bonds. The van der Waals surface area contributed by atoms with Crippen LogP contribution < -0.4 is 5.73 Å². The van der Waals surface area contributed by atoms with Gasteiger partial charge in [0.15, 0.2) is 0 Å². The van der Waals surface area contributed by atoms with E-state index in [4.69, 9.17) is 5.73 Å². The largest absolute Gasteiger partial charge is 0.374 e. The molecule has 2 aromatic rings. The Morgan fingerprint density at radius 2 is 2.00 bits per heavy atom. The fraction of sp³-hybridized carbons (Fsp3) is 0.200. The summed E-state index contributed by atoms with van der Waals surface area (Å²) in [4.78, 5) is 1.27. The lowest BCUT2D eigenvalue weighted by Crippen LogP contribution is -1.87. The monoisotopic (exact) mass is 237 g/mol. The lowest BCUT2D eigenvalue weighted by molar-refractivity contribution is 1.01. The molecule has 0 aliphatic rings. The maximum Gasteiger partial charge on any atom is 0.203 e. The third-order valence-corrected chi connectivity index (χ3v) is 3.49. The lowest BCUT2D eigenvalue weighted by Gasteiger charge is -1.99. The van der Waals surface area contributed by atoms with Gasteiger partial charge in [-0.2, -0.15) is 0 Å². The van der Waals surface area contributed by atoms with E-state index in [2.05, 4.69) is 40.7 Å². The minimum Gasteiger partial charge on any atom is -0.374 e. The van der Waals surface area contributed by atoms with E-state index < -0.39 is 0 Å². The molecule has 1 aromatic carbocycles. The second-order valence-corrected chi connectivity index (χ2v) is 5.03. The van der Waals surface area contributed by atoms with E-state index in [1.165, 1.54) is 21.8 Å². The molecular formula is C10H11N3S2. The lowest BCUT2D eigenvalue weighted by atomic mass is 10.2. The highest BCUT2D eigenvalue weighted by molar-refractivity contribution is 7.98. The van der Waals surface area contributed by atoms with E-state index in [-0.39, 0.29) is 0 Å². The van der Waals surface area contributed by atoms with Crippen molar-refractivity contribution in [3.05, 3.63) is 34.8 Å². The number of thioether (sulfide) groups is 1. The van der Waals surface area contributed by atoms with Crippen molar-refractivity contribution < 1.29 is 0 Å². The van der Waals surface area contributed by atoms with Gasteiger partial charge < -0.3 is 5.73 Å². The zero-order valence-corrected chi connectivity index (χ0v) is 9.94. The summed E-state index contributed by atoms with van der Waals surface area (Å²) >= 11 is 3.19. The van der Waals surface area contributed by atoms with Gasteiger partial charge in [-0.15, -0.1) is 22.0 Å². The first-order valence-corrected chi connectivity index (χ1v) is 6.53.